The number of carbonyl (C=O) groups is 1. The maximum Gasteiger partial charge on any atom is 0.235 e. The summed E-state index contributed by atoms with van der Waals surface area (Å²) in [7, 11) is 0. The van der Waals surface area contributed by atoms with E-state index in [4.69, 9.17) is 0 Å². The van der Waals surface area contributed by atoms with E-state index in [9.17, 15) is 9.90 Å². The number of likely N-dealkylation sites (tertiary alicyclic amines) is 1. The Labute approximate surface area is 119 Å². The molecule has 3 nitrogen and oxygen atoms in total. The fourth-order valence-electron chi connectivity index (χ4n) is 2.42. The first-order chi connectivity index (χ1) is 9.20. The Kier molecular flexibility index (Phi) is 5.28. The van der Waals surface area contributed by atoms with Crippen molar-refractivity contribution >= 4 is 17.7 Å². The number of hydrogen-bond donors (Lipinski definition) is 1. The molecule has 1 aromatic rings. The second-order valence-corrected chi connectivity index (χ2v) is 6.46. The van der Waals surface area contributed by atoms with Crippen LogP contribution in [0.1, 0.15) is 19.8 Å². The third-order valence-corrected chi connectivity index (χ3v) is 4.59. The summed E-state index contributed by atoms with van der Waals surface area (Å²) >= 11 is 1.60. The number of amides is 1. The van der Waals surface area contributed by atoms with Crippen LogP contribution in [0.15, 0.2) is 35.2 Å². The summed E-state index contributed by atoms with van der Waals surface area (Å²) in [5, 5.41) is 9.15. The number of hydrogen-bond acceptors (Lipinski definition) is 3. The molecule has 0 aromatic heterocycles. The molecule has 2 atom stereocenters. The molecule has 0 bridgehead atoms. The van der Waals surface area contributed by atoms with E-state index in [1.807, 2.05) is 42.2 Å². The summed E-state index contributed by atoms with van der Waals surface area (Å²) in [4.78, 5) is 15.4. The van der Waals surface area contributed by atoms with Crippen molar-refractivity contribution in [1.29, 1.82) is 0 Å². The van der Waals surface area contributed by atoms with Crippen molar-refractivity contribution in [3.8, 4) is 0 Å². The number of nitrogens with zero attached hydrogens (tertiary/aromatic N) is 1. The Balaban J connectivity index is 1.91. The number of aliphatic hydroxyl groups excluding tert-OH is 1. The summed E-state index contributed by atoms with van der Waals surface area (Å²) in [6.07, 6.45) is 2.03. The van der Waals surface area contributed by atoms with E-state index >= 15 is 0 Å². The number of benzene rings is 1. The van der Waals surface area contributed by atoms with Crippen LogP contribution in [0.4, 0.5) is 0 Å². The fraction of sp³-hybridized carbons (Fsp3) is 0.533. The van der Waals surface area contributed by atoms with Crippen molar-refractivity contribution in [2.24, 2.45) is 5.92 Å². The van der Waals surface area contributed by atoms with Gasteiger partial charge in [-0.1, -0.05) is 18.2 Å². The average Bonchev–Trinajstić information content (AvgIpc) is 2.47. The van der Waals surface area contributed by atoms with Crippen molar-refractivity contribution in [1.82, 2.24) is 4.90 Å². The molecule has 2 rings (SSSR count). The molecule has 1 aliphatic heterocycles. The minimum Gasteiger partial charge on any atom is -0.396 e. The Hall–Kier alpha value is -1.00. The first kappa shape index (κ1) is 14.4. The monoisotopic (exact) mass is 279 g/mol. The molecule has 0 spiro atoms. The Bertz CT molecular complexity index is 410. The minimum absolute atomic E-state index is 0.0696. The molecule has 0 saturated carbocycles. The normalized spacial score (nSPS) is 21.2. The summed E-state index contributed by atoms with van der Waals surface area (Å²) in [5.74, 6) is 0.443. The van der Waals surface area contributed by atoms with Gasteiger partial charge in [0.1, 0.15) is 0 Å². The van der Waals surface area contributed by atoms with Crippen LogP contribution in [0.5, 0.6) is 0 Å². The first-order valence-electron chi connectivity index (χ1n) is 6.82. The van der Waals surface area contributed by atoms with Gasteiger partial charge in [0.25, 0.3) is 0 Å². The van der Waals surface area contributed by atoms with E-state index in [1.54, 1.807) is 11.8 Å². The number of thioether (sulfide) groups is 1. The third-order valence-electron chi connectivity index (χ3n) is 3.49. The van der Waals surface area contributed by atoms with Gasteiger partial charge in [-0.3, -0.25) is 4.79 Å². The average molecular weight is 279 g/mol. The Morgan fingerprint density at radius 1 is 1.47 bits per heavy atom. The van der Waals surface area contributed by atoms with Gasteiger partial charge in [0.05, 0.1) is 5.25 Å². The SMILES string of the molecule is CC(Sc1ccccc1)C(=O)N1CCCC(CO)C1. The van der Waals surface area contributed by atoms with Crippen LogP contribution in [0.2, 0.25) is 0 Å². The number of rotatable bonds is 4. The van der Waals surface area contributed by atoms with Crippen molar-refractivity contribution < 1.29 is 9.90 Å². The lowest BCUT2D eigenvalue weighted by molar-refractivity contribution is -0.132. The second-order valence-electron chi connectivity index (χ2n) is 5.05. The second kappa shape index (κ2) is 6.96. The van der Waals surface area contributed by atoms with Gasteiger partial charge in [-0.15, -0.1) is 11.8 Å². The largest absolute Gasteiger partial charge is 0.396 e. The number of carbonyl (C=O) groups excluding carboxylic acids is 1. The Morgan fingerprint density at radius 3 is 2.89 bits per heavy atom. The lowest BCUT2D eigenvalue weighted by Gasteiger charge is -2.33. The molecular formula is C15H21NO2S. The van der Waals surface area contributed by atoms with Crippen molar-refractivity contribution in [2.75, 3.05) is 19.7 Å². The maximum absolute atomic E-state index is 12.4. The highest BCUT2D eigenvalue weighted by molar-refractivity contribution is 8.00. The highest BCUT2D eigenvalue weighted by Gasteiger charge is 2.26. The van der Waals surface area contributed by atoms with Crippen LogP contribution >= 0.6 is 11.8 Å². The van der Waals surface area contributed by atoms with E-state index in [0.717, 1.165) is 24.3 Å². The highest BCUT2D eigenvalue weighted by Crippen LogP contribution is 2.25. The molecule has 1 saturated heterocycles. The van der Waals surface area contributed by atoms with Crippen LogP contribution in [-0.2, 0) is 4.79 Å². The number of piperidine rings is 1. The molecular weight excluding hydrogens is 258 g/mol. The minimum atomic E-state index is -0.0696. The van der Waals surface area contributed by atoms with Gasteiger partial charge in [-0.25, -0.2) is 0 Å². The molecule has 1 aliphatic rings. The topological polar surface area (TPSA) is 40.5 Å². The lowest BCUT2D eigenvalue weighted by atomic mass is 9.99. The van der Waals surface area contributed by atoms with Crippen LogP contribution < -0.4 is 0 Å². The fourth-order valence-corrected chi connectivity index (χ4v) is 3.40. The van der Waals surface area contributed by atoms with Gasteiger partial charge in [0.2, 0.25) is 5.91 Å². The van der Waals surface area contributed by atoms with Crippen LogP contribution in [0, 0.1) is 5.92 Å². The quantitative estimate of drug-likeness (QED) is 0.860. The van der Waals surface area contributed by atoms with Crippen molar-refractivity contribution in [3.63, 3.8) is 0 Å². The predicted molar refractivity (Wildman–Crippen MR) is 78.2 cm³/mol. The molecule has 0 aliphatic carbocycles. The number of aliphatic hydroxyl groups is 1. The molecule has 19 heavy (non-hydrogen) atoms. The predicted octanol–water partition coefficient (Wildman–Crippen LogP) is 2.40. The van der Waals surface area contributed by atoms with Gasteiger partial charge < -0.3 is 10.0 Å². The van der Waals surface area contributed by atoms with Crippen LogP contribution in [0.25, 0.3) is 0 Å². The smallest absolute Gasteiger partial charge is 0.235 e. The van der Waals surface area contributed by atoms with E-state index in [0.29, 0.717) is 6.54 Å². The van der Waals surface area contributed by atoms with Crippen molar-refractivity contribution in [3.05, 3.63) is 30.3 Å². The zero-order valence-corrected chi connectivity index (χ0v) is 12.1. The third kappa shape index (κ3) is 3.98. The van der Waals surface area contributed by atoms with E-state index in [2.05, 4.69) is 0 Å². The lowest BCUT2D eigenvalue weighted by Crippen LogP contribution is -2.44. The molecule has 1 fully saturated rings. The molecule has 1 N–H and O–H groups in total. The van der Waals surface area contributed by atoms with Gasteiger partial charge >= 0.3 is 0 Å². The van der Waals surface area contributed by atoms with E-state index in [-0.39, 0.29) is 23.7 Å². The van der Waals surface area contributed by atoms with Gasteiger partial charge in [-0.05, 0) is 37.8 Å². The molecule has 1 aromatic carbocycles. The van der Waals surface area contributed by atoms with Crippen LogP contribution in [-0.4, -0.2) is 40.9 Å². The van der Waals surface area contributed by atoms with E-state index < -0.39 is 0 Å². The molecule has 104 valence electrons. The van der Waals surface area contributed by atoms with Crippen molar-refractivity contribution in [2.45, 2.75) is 29.9 Å². The molecule has 1 amide bonds. The van der Waals surface area contributed by atoms with E-state index in [1.165, 1.54) is 0 Å². The summed E-state index contributed by atoms with van der Waals surface area (Å²) < 4.78 is 0. The zero-order valence-electron chi connectivity index (χ0n) is 11.3. The first-order valence-corrected chi connectivity index (χ1v) is 7.70. The highest BCUT2D eigenvalue weighted by atomic mass is 32.2. The molecule has 0 radical (unpaired) electrons. The van der Waals surface area contributed by atoms with Gasteiger partial charge in [0.15, 0.2) is 0 Å². The summed E-state index contributed by atoms with van der Waals surface area (Å²) in [6.45, 7) is 3.68. The summed E-state index contributed by atoms with van der Waals surface area (Å²) in [6, 6.07) is 10.0. The standard InChI is InChI=1S/C15H21NO2S/c1-12(19-14-7-3-2-4-8-14)15(18)16-9-5-6-13(10-16)11-17/h2-4,7-8,12-13,17H,5-6,9-11H2,1H3. The van der Waals surface area contributed by atoms with Crippen LogP contribution in [0.3, 0.4) is 0 Å². The van der Waals surface area contributed by atoms with Gasteiger partial charge in [0, 0.05) is 24.6 Å². The molecule has 4 heteroatoms. The van der Waals surface area contributed by atoms with Gasteiger partial charge in [-0.2, -0.15) is 0 Å². The Morgan fingerprint density at radius 2 is 2.21 bits per heavy atom. The molecule has 1 heterocycles. The maximum atomic E-state index is 12.4. The zero-order chi connectivity index (χ0) is 13.7. The molecule has 2 unspecified atom stereocenters. The summed E-state index contributed by atoms with van der Waals surface area (Å²) in [5.41, 5.74) is 0.